The third kappa shape index (κ3) is 7.40. The number of alkyl halides is 3. The van der Waals surface area contributed by atoms with Crippen LogP contribution < -0.4 is 5.32 Å². The van der Waals surface area contributed by atoms with Gasteiger partial charge in [0.25, 0.3) is 0 Å². The molecule has 1 N–H and O–H groups in total. The lowest BCUT2D eigenvalue weighted by Crippen LogP contribution is -2.33. The average Bonchev–Trinajstić information content (AvgIpc) is 2.41. The summed E-state index contributed by atoms with van der Waals surface area (Å²) in [6.07, 6.45) is -5.04. The molecule has 0 radical (unpaired) electrons. The third-order valence-electron chi connectivity index (χ3n) is 2.28. The number of benzene rings is 1. The predicted molar refractivity (Wildman–Crippen MR) is 64.5 cm³/mol. The molecule has 0 aromatic heterocycles. The standard InChI is InChI=1S/C13H14F3NO3/c14-13(15,16)9-17-11(18)6-7-12(19)20-8-10-4-2-1-3-5-10/h1-5H,6-9H2,(H,17,18). The van der Waals surface area contributed by atoms with E-state index in [-0.39, 0.29) is 19.4 Å². The summed E-state index contributed by atoms with van der Waals surface area (Å²) in [5.41, 5.74) is 0.794. The number of esters is 1. The van der Waals surface area contributed by atoms with Crippen LogP contribution in [0.1, 0.15) is 18.4 Å². The molecule has 4 nitrogen and oxygen atoms in total. The average molecular weight is 289 g/mol. The fourth-order valence-corrected chi connectivity index (χ4v) is 1.31. The fraction of sp³-hybridized carbons (Fsp3) is 0.385. The number of rotatable bonds is 6. The molecule has 1 aromatic carbocycles. The van der Waals surface area contributed by atoms with Crippen molar-refractivity contribution in [3.8, 4) is 0 Å². The highest BCUT2D eigenvalue weighted by Crippen LogP contribution is 2.12. The number of amides is 1. The first-order valence-electron chi connectivity index (χ1n) is 5.90. The highest BCUT2D eigenvalue weighted by atomic mass is 19.4. The lowest BCUT2D eigenvalue weighted by atomic mass is 10.2. The van der Waals surface area contributed by atoms with Gasteiger partial charge in [0.15, 0.2) is 0 Å². The van der Waals surface area contributed by atoms with E-state index >= 15 is 0 Å². The molecule has 7 heteroatoms. The van der Waals surface area contributed by atoms with Gasteiger partial charge in [-0.25, -0.2) is 0 Å². The van der Waals surface area contributed by atoms with Crippen molar-refractivity contribution in [1.29, 1.82) is 0 Å². The molecular weight excluding hydrogens is 275 g/mol. The maximum atomic E-state index is 11.8. The zero-order valence-corrected chi connectivity index (χ0v) is 10.6. The van der Waals surface area contributed by atoms with Gasteiger partial charge in [0.1, 0.15) is 13.2 Å². The van der Waals surface area contributed by atoms with Crippen LogP contribution in [0.15, 0.2) is 30.3 Å². The number of carbonyl (C=O) groups excluding carboxylic acids is 2. The molecule has 110 valence electrons. The number of ether oxygens (including phenoxy) is 1. The van der Waals surface area contributed by atoms with Crippen molar-refractivity contribution in [3.63, 3.8) is 0 Å². The van der Waals surface area contributed by atoms with Gasteiger partial charge in [-0.05, 0) is 5.56 Å². The van der Waals surface area contributed by atoms with Crippen molar-refractivity contribution in [2.45, 2.75) is 25.6 Å². The summed E-state index contributed by atoms with van der Waals surface area (Å²) in [7, 11) is 0. The summed E-state index contributed by atoms with van der Waals surface area (Å²) >= 11 is 0. The van der Waals surface area contributed by atoms with E-state index in [1.54, 1.807) is 29.6 Å². The van der Waals surface area contributed by atoms with E-state index in [1.165, 1.54) is 0 Å². The lowest BCUT2D eigenvalue weighted by molar-refractivity contribution is -0.147. The maximum absolute atomic E-state index is 11.8. The second kappa shape index (κ2) is 7.52. The second-order valence-electron chi connectivity index (χ2n) is 4.04. The van der Waals surface area contributed by atoms with Gasteiger partial charge in [-0.1, -0.05) is 30.3 Å². The van der Waals surface area contributed by atoms with Gasteiger partial charge in [0.05, 0.1) is 6.42 Å². The fourth-order valence-electron chi connectivity index (χ4n) is 1.31. The number of halogens is 3. The van der Waals surface area contributed by atoms with E-state index in [0.29, 0.717) is 0 Å². The van der Waals surface area contributed by atoms with Gasteiger partial charge < -0.3 is 10.1 Å². The molecular formula is C13H14F3NO3. The van der Waals surface area contributed by atoms with Gasteiger partial charge in [-0.15, -0.1) is 0 Å². The Morgan fingerprint density at radius 1 is 1.10 bits per heavy atom. The summed E-state index contributed by atoms with van der Waals surface area (Å²) in [4.78, 5) is 22.3. The largest absolute Gasteiger partial charge is 0.461 e. The zero-order chi connectivity index (χ0) is 15.0. The van der Waals surface area contributed by atoms with Crippen LogP contribution in [-0.2, 0) is 20.9 Å². The van der Waals surface area contributed by atoms with E-state index in [9.17, 15) is 22.8 Å². The molecule has 20 heavy (non-hydrogen) atoms. The van der Waals surface area contributed by atoms with Crippen LogP contribution in [0.2, 0.25) is 0 Å². The number of carbonyl (C=O) groups is 2. The van der Waals surface area contributed by atoms with Crippen LogP contribution in [0.4, 0.5) is 13.2 Å². The minimum absolute atomic E-state index is 0.0733. The molecule has 0 aliphatic heterocycles. The summed E-state index contributed by atoms with van der Waals surface area (Å²) in [5.74, 6) is -1.46. The first-order chi connectivity index (χ1) is 9.37. The van der Waals surface area contributed by atoms with Crippen molar-refractivity contribution >= 4 is 11.9 Å². The van der Waals surface area contributed by atoms with Gasteiger partial charge in [-0.2, -0.15) is 13.2 Å². The van der Waals surface area contributed by atoms with E-state index in [1.807, 2.05) is 6.07 Å². The molecule has 1 rings (SSSR count). The smallest absolute Gasteiger partial charge is 0.405 e. The quantitative estimate of drug-likeness (QED) is 0.817. The van der Waals surface area contributed by atoms with Crippen molar-refractivity contribution in [1.82, 2.24) is 5.32 Å². The molecule has 0 unspecified atom stereocenters. The predicted octanol–water partition coefficient (Wildman–Crippen LogP) is 2.19. The molecule has 0 heterocycles. The molecule has 0 saturated heterocycles. The third-order valence-corrected chi connectivity index (χ3v) is 2.28. The number of hydrogen-bond acceptors (Lipinski definition) is 3. The van der Waals surface area contributed by atoms with Crippen molar-refractivity contribution in [2.24, 2.45) is 0 Å². The summed E-state index contributed by atoms with van der Waals surface area (Å²) in [6, 6.07) is 8.92. The van der Waals surface area contributed by atoms with E-state index in [2.05, 4.69) is 0 Å². The van der Waals surface area contributed by atoms with Gasteiger partial charge in [0, 0.05) is 6.42 Å². The summed E-state index contributed by atoms with van der Waals surface area (Å²) in [6.45, 7) is -1.32. The highest BCUT2D eigenvalue weighted by molar-refractivity contribution is 5.81. The molecule has 1 aromatic rings. The number of nitrogens with one attached hydrogen (secondary N) is 1. The number of hydrogen-bond donors (Lipinski definition) is 1. The molecule has 0 aliphatic carbocycles. The van der Waals surface area contributed by atoms with E-state index in [4.69, 9.17) is 4.74 Å². The van der Waals surface area contributed by atoms with Gasteiger partial charge in [-0.3, -0.25) is 9.59 Å². The molecule has 0 atom stereocenters. The molecule has 0 fully saturated rings. The Morgan fingerprint density at radius 3 is 2.35 bits per heavy atom. The van der Waals surface area contributed by atoms with Crippen molar-refractivity contribution in [3.05, 3.63) is 35.9 Å². The van der Waals surface area contributed by atoms with Crippen LogP contribution in [0.3, 0.4) is 0 Å². The summed E-state index contributed by atoms with van der Waals surface area (Å²) in [5, 5.41) is 1.68. The maximum Gasteiger partial charge on any atom is 0.405 e. The first-order valence-corrected chi connectivity index (χ1v) is 5.90. The van der Waals surface area contributed by atoms with Crippen molar-refractivity contribution < 1.29 is 27.5 Å². The topological polar surface area (TPSA) is 55.4 Å². The Kier molecular flexibility index (Phi) is 6.02. The Labute approximate surface area is 113 Å². The van der Waals surface area contributed by atoms with Gasteiger partial charge >= 0.3 is 12.1 Å². The summed E-state index contributed by atoms with van der Waals surface area (Å²) < 4.78 is 40.3. The Bertz CT molecular complexity index is 446. The van der Waals surface area contributed by atoms with Crippen LogP contribution in [0.25, 0.3) is 0 Å². The highest BCUT2D eigenvalue weighted by Gasteiger charge is 2.27. The lowest BCUT2D eigenvalue weighted by Gasteiger charge is -2.08. The monoisotopic (exact) mass is 289 g/mol. The molecule has 0 aliphatic rings. The van der Waals surface area contributed by atoms with E-state index in [0.717, 1.165) is 5.56 Å². The molecule has 0 saturated carbocycles. The van der Waals surface area contributed by atoms with Gasteiger partial charge in [0.2, 0.25) is 5.91 Å². The van der Waals surface area contributed by atoms with Crippen LogP contribution in [0.5, 0.6) is 0 Å². The molecule has 0 spiro atoms. The Morgan fingerprint density at radius 2 is 1.75 bits per heavy atom. The second-order valence-corrected chi connectivity index (χ2v) is 4.04. The van der Waals surface area contributed by atoms with Crippen LogP contribution in [-0.4, -0.2) is 24.6 Å². The Balaban J connectivity index is 2.18. The minimum Gasteiger partial charge on any atom is -0.461 e. The normalized spacial score (nSPS) is 10.9. The zero-order valence-electron chi connectivity index (χ0n) is 10.6. The Hall–Kier alpha value is -2.05. The molecule has 0 bridgehead atoms. The first kappa shape index (κ1) is 16.0. The van der Waals surface area contributed by atoms with Crippen LogP contribution in [0, 0.1) is 0 Å². The molecule has 1 amide bonds. The van der Waals surface area contributed by atoms with Crippen molar-refractivity contribution in [2.75, 3.05) is 6.54 Å². The SMILES string of the molecule is O=C(CCC(=O)OCc1ccccc1)NCC(F)(F)F. The van der Waals surface area contributed by atoms with E-state index < -0.39 is 24.6 Å². The van der Waals surface area contributed by atoms with Crippen LogP contribution >= 0.6 is 0 Å². The minimum atomic E-state index is -4.45.